The van der Waals surface area contributed by atoms with Gasteiger partial charge in [-0.25, -0.2) is 0 Å². The molecule has 1 fully saturated rings. The fourth-order valence-corrected chi connectivity index (χ4v) is 3.49. The molecule has 4 nitrogen and oxygen atoms in total. The largest absolute Gasteiger partial charge is 0.466 e. The third-order valence-corrected chi connectivity index (χ3v) is 5.11. The van der Waals surface area contributed by atoms with Crippen LogP contribution in [-0.2, 0) is 10.4 Å². The summed E-state index contributed by atoms with van der Waals surface area (Å²) in [4.78, 5) is 13.2. The van der Waals surface area contributed by atoms with Gasteiger partial charge in [-0.1, -0.05) is 18.2 Å². The predicted octanol–water partition coefficient (Wildman–Crippen LogP) is 3.18. The van der Waals surface area contributed by atoms with Crippen molar-refractivity contribution in [2.24, 2.45) is 5.92 Å². The van der Waals surface area contributed by atoms with Gasteiger partial charge in [0.2, 0.25) is 5.91 Å². The molecule has 2 aromatic rings. The molecule has 23 heavy (non-hydrogen) atoms. The zero-order chi connectivity index (χ0) is 16.1. The fraction of sp³-hybridized carbons (Fsp3) is 0.389. The quantitative estimate of drug-likeness (QED) is 0.729. The third-order valence-electron chi connectivity index (χ3n) is 4.10. The van der Waals surface area contributed by atoms with Gasteiger partial charge in [0.25, 0.3) is 0 Å². The van der Waals surface area contributed by atoms with Gasteiger partial charge < -0.3 is 14.8 Å². The maximum Gasteiger partial charge on any atom is 0.220 e. The molecule has 1 aliphatic carbocycles. The number of aliphatic hydroxyl groups is 1. The van der Waals surface area contributed by atoms with E-state index in [0.29, 0.717) is 12.2 Å². The third kappa shape index (κ3) is 4.18. The van der Waals surface area contributed by atoms with Gasteiger partial charge in [0, 0.05) is 17.1 Å². The molecule has 1 heterocycles. The first-order chi connectivity index (χ1) is 11.2. The molecule has 1 saturated carbocycles. The van der Waals surface area contributed by atoms with Gasteiger partial charge in [-0.05, 0) is 43.0 Å². The molecule has 0 aliphatic heterocycles. The molecule has 0 spiro atoms. The van der Waals surface area contributed by atoms with Crippen molar-refractivity contribution < 1.29 is 14.3 Å². The Morgan fingerprint density at radius 2 is 2.04 bits per heavy atom. The van der Waals surface area contributed by atoms with Crippen LogP contribution in [-0.4, -0.2) is 23.3 Å². The smallest absolute Gasteiger partial charge is 0.220 e. The zero-order valence-corrected chi connectivity index (χ0v) is 13.7. The van der Waals surface area contributed by atoms with Crippen LogP contribution in [0.3, 0.4) is 0 Å². The molecule has 1 atom stereocenters. The summed E-state index contributed by atoms with van der Waals surface area (Å²) in [6.45, 7) is 0.208. The van der Waals surface area contributed by atoms with E-state index in [1.807, 2.05) is 30.3 Å². The van der Waals surface area contributed by atoms with E-state index in [-0.39, 0.29) is 18.4 Å². The van der Waals surface area contributed by atoms with Crippen LogP contribution >= 0.6 is 11.8 Å². The number of thioether (sulfide) groups is 1. The van der Waals surface area contributed by atoms with Crippen molar-refractivity contribution in [2.45, 2.75) is 29.8 Å². The maximum atomic E-state index is 12.0. The highest BCUT2D eigenvalue weighted by atomic mass is 32.2. The van der Waals surface area contributed by atoms with Gasteiger partial charge in [-0.3, -0.25) is 4.79 Å². The van der Waals surface area contributed by atoms with Gasteiger partial charge in [0.1, 0.15) is 11.4 Å². The number of amides is 1. The molecule has 1 aromatic heterocycles. The Morgan fingerprint density at radius 1 is 1.26 bits per heavy atom. The lowest BCUT2D eigenvalue weighted by Gasteiger charge is -2.26. The molecule has 2 N–H and O–H groups in total. The summed E-state index contributed by atoms with van der Waals surface area (Å²) >= 11 is 1.66. The molecular formula is C18H21NO3S. The Bertz CT molecular complexity index is 625. The van der Waals surface area contributed by atoms with Crippen LogP contribution in [0.4, 0.5) is 0 Å². The predicted molar refractivity (Wildman–Crippen MR) is 90.1 cm³/mol. The summed E-state index contributed by atoms with van der Waals surface area (Å²) in [5.74, 6) is 1.39. The lowest BCUT2D eigenvalue weighted by Crippen LogP contribution is -2.42. The minimum Gasteiger partial charge on any atom is -0.466 e. The van der Waals surface area contributed by atoms with E-state index in [1.54, 1.807) is 30.2 Å². The van der Waals surface area contributed by atoms with Gasteiger partial charge in [0.15, 0.2) is 0 Å². The minimum atomic E-state index is -1.08. The molecule has 5 heteroatoms. The Labute approximate surface area is 140 Å². The number of hydrogen-bond donors (Lipinski definition) is 2. The first-order valence-corrected chi connectivity index (χ1v) is 8.88. The number of carbonyl (C=O) groups is 1. The number of rotatable bonds is 8. The van der Waals surface area contributed by atoms with Gasteiger partial charge in [-0.15, -0.1) is 11.8 Å². The Kier molecular flexibility index (Phi) is 5.08. The summed E-state index contributed by atoms with van der Waals surface area (Å²) in [7, 11) is 0. The van der Waals surface area contributed by atoms with E-state index >= 15 is 0 Å². The summed E-state index contributed by atoms with van der Waals surface area (Å²) < 4.78 is 5.37. The Balaban J connectivity index is 1.46. The Morgan fingerprint density at radius 3 is 2.70 bits per heavy atom. The average Bonchev–Trinajstić information content (AvgIpc) is 3.29. The number of nitrogens with one attached hydrogen (secondary N) is 1. The zero-order valence-electron chi connectivity index (χ0n) is 12.9. The molecule has 3 rings (SSSR count). The molecule has 1 amide bonds. The second-order valence-electron chi connectivity index (χ2n) is 5.86. The van der Waals surface area contributed by atoms with E-state index in [2.05, 4.69) is 5.32 Å². The molecule has 0 unspecified atom stereocenters. The van der Waals surface area contributed by atoms with Crippen LogP contribution in [0.5, 0.6) is 0 Å². The topological polar surface area (TPSA) is 62.5 Å². The fourth-order valence-electron chi connectivity index (χ4n) is 2.62. The summed E-state index contributed by atoms with van der Waals surface area (Å²) in [5.41, 5.74) is -1.08. The number of hydrogen-bond acceptors (Lipinski definition) is 4. The first kappa shape index (κ1) is 16.1. The first-order valence-electron chi connectivity index (χ1n) is 7.89. The van der Waals surface area contributed by atoms with E-state index in [0.717, 1.165) is 23.5 Å². The van der Waals surface area contributed by atoms with E-state index in [4.69, 9.17) is 4.42 Å². The second-order valence-corrected chi connectivity index (χ2v) is 7.03. The van der Waals surface area contributed by atoms with Gasteiger partial charge in [0.05, 0.1) is 12.8 Å². The van der Waals surface area contributed by atoms with E-state index in [1.165, 1.54) is 0 Å². The standard InChI is InChI=1S/C18H21NO3S/c20-17(10-12-23-15-5-2-1-3-6-15)19-13-18(21,14-8-9-14)16-7-4-11-22-16/h1-7,11,14,21H,8-10,12-13H2,(H,19,20)/t18-/m1/s1. The van der Waals surface area contributed by atoms with Crippen molar-refractivity contribution in [1.82, 2.24) is 5.32 Å². The molecule has 1 aliphatic rings. The Hall–Kier alpha value is -1.72. The second kappa shape index (κ2) is 7.23. The highest BCUT2D eigenvalue weighted by Gasteiger charge is 2.47. The molecular weight excluding hydrogens is 310 g/mol. The lowest BCUT2D eigenvalue weighted by atomic mass is 9.94. The van der Waals surface area contributed by atoms with Gasteiger partial charge >= 0.3 is 0 Å². The molecule has 122 valence electrons. The van der Waals surface area contributed by atoms with Crippen molar-refractivity contribution in [3.63, 3.8) is 0 Å². The van der Waals surface area contributed by atoms with E-state index in [9.17, 15) is 9.90 Å². The maximum absolute atomic E-state index is 12.0. The minimum absolute atomic E-state index is 0.0425. The van der Waals surface area contributed by atoms with Crippen molar-refractivity contribution in [1.29, 1.82) is 0 Å². The SMILES string of the molecule is O=C(CCSc1ccccc1)NC[C@](O)(c1ccco1)C1CC1. The molecule has 0 bridgehead atoms. The molecule has 1 aromatic carbocycles. The normalized spacial score (nSPS) is 16.7. The average molecular weight is 331 g/mol. The van der Waals surface area contributed by atoms with Crippen LogP contribution in [0, 0.1) is 5.92 Å². The number of carbonyl (C=O) groups excluding carboxylic acids is 1. The molecule has 0 radical (unpaired) electrons. The van der Waals surface area contributed by atoms with Crippen molar-refractivity contribution in [2.75, 3.05) is 12.3 Å². The monoisotopic (exact) mass is 331 g/mol. The van der Waals surface area contributed by atoms with Crippen molar-refractivity contribution in [3.05, 3.63) is 54.5 Å². The number of benzene rings is 1. The number of furan rings is 1. The van der Waals surface area contributed by atoms with Crippen molar-refractivity contribution in [3.8, 4) is 0 Å². The van der Waals surface area contributed by atoms with Crippen LogP contribution in [0.25, 0.3) is 0 Å². The summed E-state index contributed by atoms with van der Waals surface area (Å²) in [5, 5.41) is 13.7. The van der Waals surface area contributed by atoms with Crippen LogP contribution in [0.1, 0.15) is 25.0 Å². The summed E-state index contributed by atoms with van der Waals surface area (Å²) in [6.07, 6.45) is 3.92. The molecule has 0 saturated heterocycles. The van der Waals surface area contributed by atoms with Gasteiger partial charge in [-0.2, -0.15) is 0 Å². The highest BCUT2D eigenvalue weighted by Crippen LogP contribution is 2.45. The lowest BCUT2D eigenvalue weighted by molar-refractivity contribution is -0.122. The highest BCUT2D eigenvalue weighted by molar-refractivity contribution is 7.99. The van der Waals surface area contributed by atoms with Crippen LogP contribution in [0.2, 0.25) is 0 Å². The van der Waals surface area contributed by atoms with Crippen molar-refractivity contribution >= 4 is 17.7 Å². The van der Waals surface area contributed by atoms with E-state index < -0.39 is 5.60 Å². The summed E-state index contributed by atoms with van der Waals surface area (Å²) in [6, 6.07) is 13.6. The van der Waals surface area contributed by atoms with Crippen LogP contribution in [0.15, 0.2) is 58.0 Å². The van der Waals surface area contributed by atoms with Crippen LogP contribution < -0.4 is 5.32 Å².